The van der Waals surface area contributed by atoms with Gasteiger partial charge in [0.25, 0.3) is 5.91 Å². The van der Waals surface area contributed by atoms with E-state index in [0.717, 1.165) is 10.6 Å². The number of ether oxygens (including phenoxy) is 1. The van der Waals surface area contributed by atoms with Crippen LogP contribution in [0, 0.1) is 11.2 Å². The molecule has 34 heavy (non-hydrogen) atoms. The standard InChI is InChI=1S/C26H19FN4O2S/c27-22-9-5-4-8-19(22)16-33-20-12-10-18(11-13-20)14-21-24(28)31-26(29-25(21)32)34-23(30-31)15-17-6-2-1-3-7-17/h1-14,28H,15-16H2/b21-14-,28-24?. The highest BCUT2D eigenvalue weighted by Gasteiger charge is 2.35. The Morgan fingerprint density at radius 3 is 2.50 bits per heavy atom. The Balaban J connectivity index is 1.29. The number of benzene rings is 3. The molecule has 0 radical (unpaired) electrons. The van der Waals surface area contributed by atoms with Crippen LogP contribution >= 0.6 is 11.8 Å². The number of thioether (sulfide) groups is 1. The van der Waals surface area contributed by atoms with Gasteiger partial charge in [-0.1, -0.05) is 60.7 Å². The van der Waals surface area contributed by atoms with Gasteiger partial charge in [0, 0.05) is 12.0 Å². The van der Waals surface area contributed by atoms with E-state index in [9.17, 15) is 9.18 Å². The zero-order valence-corrected chi connectivity index (χ0v) is 18.8. The second-order valence-electron chi connectivity index (χ2n) is 7.63. The van der Waals surface area contributed by atoms with Crippen LogP contribution in [0.15, 0.2) is 94.5 Å². The van der Waals surface area contributed by atoms with Gasteiger partial charge < -0.3 is 4.74 Å². The molecule has 8 heteroatoms. The molecule has 0 saturated heterocycles. The first-order chi connectivity index (χ1) is 16.6. The highest BCUT2D eigenvalue weighted by atomic mass is 32.2. The van der Waals surface area contributed by atoms with Crippen molar-refractivity contribution in [3.8, 4) is 5.75 Å². The molecular weight excluding hydrogens is 451 g/mol. The highest BCUT2D eigenvalue weighted by molar-refractivity contribution is 8.26. The number of nitrogens with one attached hydrogen (secondary N) is 1. The number of aliphatic imine (C=N–C) groups is 1. The number of amidine groups is 2. The van der Waals surface area contributed by atoms with E-state index >= 15 is 0 Å². The maximum atomic E-state index is 13.8. The molecule has 168 valence electrons. The molecular formula is C26H19FN4O2S. The van der Waals surface area contributed by atoms with Gasteiger partial charge in [0.1, 0.15) is 23.2 Å². The Morgan fingerprint density at radius 2 is 1.74 bits per heavy atom. The predicted molar refractivity (Wildman–Crippen MR) is 132 cm³/mol. The quantitative estimate of drug-likeness (QED) is 0.498. The summed E-state index contributed by atoms with van der Waals surface area (Å²) in [7, 11) is 0. The molecule has 2 aliphatic rings. The molecule has 0 aliphatic carbocycles. The molecule has 1 amide bonds. The van der Waals surface area contributed by atoms with E-state index in [-0.39, 0.29) is 23.8 Å². The number of nitrogens with zero attached hydrogens (tertiary/aromatic N) is 3. The van der Waals surface area contributed by atoms with E-state index in [4.69, 9.17) is 10.1 Å². The SMILES string of the molecule is N=C1/C(=C/c2ccc(OCc3ccccc3F)cc2)C(=O)N=C2SC(Cc3ccccc3)=NN12. The first-order valence-corrected chi connectivity index (χ1v) is 11.4. The van der Waals surface area contributed by atoms with E-state index < -0.39 is 5.91 Å². The third-order valence-electron chi connectivity index (χ3n) is 5.24. The summed E-state index contributed by atoms with van der Waals surface area (Å²) >= 11 is 1.31. The second kappa shape index (κ2) is 9.44. The maximum absolute atomic E-state index is 13.8. The monoisotopic (exact) mass is 470 g/mol. The minimum absolute atomic E-state index is 0.00885. The van der Waals surface area contributed by atoms with Gasteiger partial charge in [-0.05, 0) is 47.2 Å². The van der Waals surface area contributed by atoms with Crippen molar-refractivity contribution in [3.63, 3.8) is 0 Å². The first-order valence-electron chi connectivity index (χ1n) is 10.6. The van der Waals surface area contributed by atoms with E-state index in [1.807, 2.05) is 30.3 Å². The van der Waals surface area contributed by atoms with Crippen LogP contribution in [0.1, 0.15) is 16.7 Å². The van der Waals surface area contributed by atoms with E-state index in [2.05, 4.69) is 10.1 Å². The number of amides is 1. The number of fused-ring (bicyclic) bond motifs is 1. The molecule has 0 atom stereocenters. The van der Waals surface area contributed by atoms with Crippen LogP contribution in [-0.4, -0.2) is 27.0 Å². The molecule has 1 N–H and O–H groups in total. The average molecular weight is 471 g/mol. The minimum atomic E-state index is -0.472. The van der Waals surface area contributed by atoms with Gasteiger partial charge >= 0.3 is 0 Å². The molecule has 0 fully saturated rings. The lowest BCUT2D eigenvalue weighted by molar-refractivity contribution is -0.114. The van der Waals surface area contributed by atoms with Crippen LogP contribution in [0.3, 0.4) is 0 Å². The van der Waals surface area contributed by atoms with Crippen molar-refractivity contribution < 1.29 is 13.9 Å². The fourth-order valence-corrected chi connectivity index (χ4v) is 4.40. The summed E-state index contributed by atoms with van der Waals surface area (Å²) in [6, 6.07) is 23.4. The summed E-state index contributed by atoms with van der Waals surface area (Å²) < 4.78 is 19.4. The predicted octanol–water partition coefficient (Wildman–Crippen LogP) is 5.27. The van der Waals surface area contributed by atoms with Crippen LogP contribution < -0.4 is 4.74 Å². The summed E-state index contributed by atoms with van der Waals surface area (Å²) in [4.78, 5) is 16.8. The van der Waals surface area contributed by atoms with Crippen molar-refractivity contribution in [1.29, 1.82) is 5.41 Å². The lowest BCUT2D eigenvalue weighted by Gasteiger charge is -2.20. The molecule has 2 heterocycles. The zero-order chi connectivity index (χ0) is 23.5. The molecule has 0 saturated carbocycles. The Bertz CT molecular complexity index is 1350. The van der Waals surface area contributed by atoms with Crippen molar-refractivity contribution in [2.45, 2.75) is 13.0 Å². The Kier molecular flexibility index (Phi) is 6.05. The second-order valence-corrected chi connectivity index (χ2v) is 8.67. The van der Waals surface area contributed by atoms with E-state index in [1.54, 1.807) is 48.5 Å². The van der Waals surface area contributed by atoms with Crippen molar-refractivity contribution in [3.05, 3.63) is 107 Å². The van der Waals surface area contributed by atoms with Crippen molar-refractivity contribution in [2.75, 3.05) is 0 Å². The van der Waals surface area contributed by atoms with Crippen molar-refractivity contribution in [1.82, 2.24) is 5.01 Å². The third kappa shape index (κ3) is 4.67. The Morgan fingerprint density at radius 1 is 1.00 bits per heavy atom. The number of rotatable bonds is 6. The van der Waals surface area contributed by atoms with Crippen LogP contribution in [0.5, 0.6) is 5.75 Å². The summed E-state index contributed by atoms with van der Waals surface area (Å²) in [5.41, 5.74) is 2.44. The maximum Gasteiger partial charge on any atom is 0.283 e. The summed E-state index contributed by atoms with van der Waals surface area (Å²) in [5, 5.41) is 15.6. The Labute approximate surface area is 200 Å². The highest BCUT2D eigenvalue weighted by Crippen LogP contribution is 2.29. The van der Waals surface area contributed by atoms with Crippen molar-refractivity contribution in [2.24, 2.45) is 10.1 Å². The molecule has 0 bridgehead atoms. The van der Waals surface area contributed by atoms with Gasteiger partial charge in [-0.2, -0.15) is 15.1 Å². The molecule has 3 aromatic carbocycles. The van der Waals surface area contributed by atoms with Gasteiger partial charge in [-0.15, -0.1) is 0 Å². The summed E-state index contributed by atoms with van der Waals surface area (Å²) in [6.07, 6.45) is 2.22. The molecule has 6 nitrogen and oxygen atoms in total. The third-order valence-corrected chi connectivity index (χ3v) is 6.15. The van der Waals surface area contributed by atoms with Gasteiger partial charge in [-0.3, -0.25) is 10.2 Å². The molecule has 3 aromatic rings. The number of hydrogen-bond donors (Lipinski definition) is 1. The normalized spacial score (nSPS) is 16.4. The zero-order valence-electron chi connectivity index (χ0n) is 17.9. The fourth-order valence-electron chi connectivity index (χ4n) is 3.48. The number of carbonyl (C=O) groups excluding carboxylic acids is 1. The Hall–Kier alpha value is -4.04. The van der Waals surface area contributed by atoms with E-state index in [1.165, 1.54) is 22.8 Å². The molecule has 0 aromatic heterocycles. The van der Waals surface area contributed by atoms with Gasteiger partial charge in [-0.25, -0.2) is 4.39 Å². The number of hydrogen-bond acceptors (Lipinski definition) is 5. The minimum Gasteiger partial charge on any atom is -0.489 e. The van der Waals surface area contributed by atoms with Crippen LogP contribution in [0.4, 0.5) is 4.39 Å². The van der Waals surface area contributed by atoms with E-state index in [0.29, 0.717) is 28.5 Å². The molecule has 5 rings (SSSR count). The fraction of sp³-hybridized carbons (Fsp3) is 0.0769. The number of halogens is 1. The summed E-state index contributed by atoms with van der Waals surface area (Å²) in [5.74, 6) is -0.222. The van der Waals surface area contributed by atoms with Crippen LogP contribution in [0.25, 0.3) is 6.08 Å². The van der Waals surface area contributed by atoms with Crippen LogP contribution in [0.2, 0.25) is 0 Å². The van der Waals surface area contributed by atoms with Gasteiger partial charge in [0.15, 0.2) is 5.84 Å². The van der Waals surface area contributed by atoms with Crippen LogP contribution in [-0.2, 0) is 17.8 Å². The van der Waals surface area contributed by atoms with Crippen molar-refractivity contribution >= 4 is 39.8 Å². The first kappa shape index (κ1) is 21.8. The lowest BCUT2D eigenvalue weighted by atomic mass is 10.1. The number of hydrazone groups is 1. The number of carbonyl (C=O) groups is 1. The molecule has 2 aliphatic heterocycles. The molecule has 0 unspecified atom stereocenters. The summed E-state index contributed by atoms with van der Waals surface area (Å²) in [6.45, 7) is 0.115. The average Bonchev–Trinajstić information content (AvgIpc) is 3.25. The lowest BCUT2D eigenvalue weighted by Crippen LogP contribution is -2.35. The molecule has 0 spiro atoms. The topological polar surface area (TPSA) is 78.1 Å². The largest absolute Gasteiger partial charge is 0.489 e. The van der Waals surface area contributed by atoms with Gasteiger partial charge in [0.05, 0.1) is 5.57 Å². The smallest absolute Gasteiger partial charge is 0.283 e. The van der Waals surface area contributed by atoms with Gasteiger partial charge in [0.2, 0.25) is 5.17 Å².